The largest absolute Gasteiger partial charge is 0.351 e. The Balaban J connectivity index is 1.56. The van der Waals surface area contributed by atoms with Crippen molar-refractivity contribution in [2.45, 2.75) is 25.4 Å². The Kier molecular flexibility index (Phi) is 5.31. The molecule has 1 aliphatic heterocycles. The third-order valence-electron chi connectivity index (χ3n) is 4.33. The average molecular weight is 329 g/mol. The summed E-state index contributed by atoms with van der Waals surface area (Å²) in [6.45, 7) is 1.88. The molecule has 1 heterocycles. The van der Waals surface area contributed by atoms with E-state index < -0.39 is 0 Å². The number of halogens is 1. The van der Waals surface area contributed by atoms with Gasteiger partial charge in [-0.05, 0) is 36.6 Å². The zero-order valence-electron chi connectivity index (χ0n) is 13.0. The molecule has 0 bridgehead atoms. The van der Waals surface area contributed by atoms with E-state index in [0.717, 1.165) is 24.9 Å². The van der Waals surface area contributed by atoms with Crippen LogP contribution in [0, 0.1) is 0 Å². The summed E-state index contributed by atoms with van der Waals surface area (Å²) in [5.41, 5.74) is 2.24. The molecule has 0 spiro atoms. The van der Waals surface area contributed by atoms with E-state index in [2.05, 4.69) is 34.5 Å². The molecule has 3 rings (SSSR count). The van der Waals surface area contributed by atoms with Crippen LogP contribution in [0.25, 0.3) is 0 Å². The minimum absolute atomic E-state index is 0.0488. The van der Waals surface area contributed by atoms with Gasteiger partial charge in [-0.3, -0.25) is 9.69 Å². The summed E-state index contributed by atoms with van der Waals surface area (Å²) in [6.07, 6.45) is 2.25. The maximum absolute atomic E-state index is 12.3. The summed E-state index contributed by atoms with van der Waals surface area (Å²) in [6, 6.07) is 18.4. The van der Waals surface area contributed by atoms with Crippen LogP contribution in [0.5, 0.6) is 0 Å². The predicted molar refractivity (Wildman–Crippen MR) is 93.3 cm³/mol. The van der Waals surface area contributed by atoms with Gasteiger partial charge in [0.1, 0.15) is 0 Å². The number of nitrogens with zero attached hydrogens (tertiary/aromatic N) is 1. The minimum atomic E-state index is 0.0488. The molecule has 1 fully saturated rings. The number of hydrogen-bond donors (Lipinski definition) is 1. The lowest BCUT2D eigenvalue weighted by molar-refractivity contribution is -0.122. The molecule has 1 saturated heterocycles. The first kappa shape index (κ1) is 16.0. The number of benzene rings is 2. The Morgan fingerprint density at radius 3 is 2.65 bits per heavy atom. The van der Waals surface area contributed by atoms with Crippen molar-refractivity contribution in [3.63, 3.8) is 0 Å². The third-order valence-corrected chi connectivity index (χ3v) is 4.70. The van der Waals surface area contributed by atoms with Gasteiger partial charge < -0.3 is 5.32 Å². The molecule has 1 amide bonds. The molecule has 2 aromatic rings. The minimum Gasteiger partial charge on any atom is -0.351 e. The zero-order valence-corrected chi connectivity index (χ0v) is 13.8. The normalized spacial score (nSPS) is 18.0. The van der Waals surface area contributed by atoms with Gasteiger partial charge in [0.15, 0.2) is 0 Å². The van der Waals surface area contributed by atoms with E-state index in [1.54, 1.807) is 0 Å². The van der Waals surface area contributed by atoms with Gasteiger partial charge in [0.25, 0.3) is 0 Å². The number of likely N-dealkylation sites (tertiary alicyclic amines) is 1. The van der Waals surface area contributed by atoms with Crippen LogP contribution in [-0.2, 0) is 11.3 Å². The zero-order chi connectivity index (χ0) is 16.1. The monoisotopic (exact) mass is 328 g/mol. The number of amides is 1. The second kappa shape index (κ2) is 7.62. The topological polar surface area (TPSA) is 32.3 Å². The Bertz CT molecular complexity index is 659. The van der Waals surface area contributed by atoms with Gasteiger partial charge in [-0.2, -0.15) is 0 Å². The maximum Gasteiger partial charge on any atom is 0.234 e. The summed E-state index contributed by atoms with van der Waals surface area (Å²) in [5, 5.41) is 3.66. The number of rotatable bonds is 5. The summed E-state index contributed by atoms with van der Waals surface area (Å²) in [7, 11) is 0. The highest BCUT2D eigenvalue weighted by Gasteiger charge is 2.27. The van der Waals surface area contributed by atoms with E-state index >= 15 is 0 Å². The van der Waals surface area contributed by atoms with Gasteiger partial charge in [-0.25, -0.2) is 0 Å². The van der Waals surface area contributed by atoms with Crippen molar-refractivity contribution in [1.29, 1.82) is 0 Å². The highest BCUT2D eigenvalue weighted by atomic mass is 35.5. The molecule has 0 aliphatic carbocycles. The van der Waals surface area contributed by atoms with E-state index in [1.165, 1.54) is 5.56 Å². The fourth-order valence-corrected chi connectivity index (χ4v) is 3.35. The first-order valence-electron chi connectivity index (χ1n) is 8.03. The third kappa shape index (κ3) is 4.12. The molecule has 0 aromatic heterocycles. The number of hydrogen-bond acceptors (Lipinski definition) is 2. The molecule has 0 radical (unpaired) electrons. The van der Waals surface area contributed by atoms with Gasteiger partial charge in [0.05, 0.1) is 6.54 Å². The van der Waals surface area contributed by atoms with Crippen LogP contribution in [0.15, 0.2) is 54.6 Å². The quantitative estimate of drug-likeness (QED) is 0.905. The molecular formula is C19H21ClN2O. The Labute approximate surface area is 142 Å². The summed E-state index contributed by atoms with van der Waals surface area (Å²) >= 11 is 6.12. The van der Waals surface area contributed by atoms with Gasteiger partial charge in [0.2, 0.25) is 5.91 Å². The van der Waals surface area contributed by atoms with Crippen molar-refractivity contribution in [2.24, 2.45) is 0 Å². The first-order chi connectivity index (χ1) is 11.2. The molecule has 0 saturated carbocycles. The molecule has 0 unspecified atom stereocenters. The van der Waals surface area contributed by atoms with E-state index in [-0.39, 0.29) is 5.91 Å². The van der Waals surface area contributed by atoms with E-state index in [4.69, 9.17) is 11.6 Å². The first-order valence-corrected chi connectivity index (χ1v) is 8.41. The van der Waals surface area contributed by atoms with Crippen molar-refractivity contribution >= 4 is 17.5 Å². The molecule has 120 valence electrons. The highest BCUT2D eigenvalue weighted by Crippen LogP contribution is 2.31. The van der Waals surface area contributed by atoms with E-state index in [9.17, 15) is 4.79 Å². The molecule has 4 heteroatoms. The fourth-order valence-electron chi connectivity index (χ4n) is 3.14. The molecule has 1 N–H and O–H groups in total. The van der Waals surface area contributed by atoms with Crippen LogP contribution in [0.1, 0.15) is 30.0 Å². The lowest BCUT2D eigenvalue weighted by atomic mass is 10.0. The standard InChI is InChI=1S/C19H21ClN2O/c20-17-10-5-4-9-16(17)13-21-19(23)14-22-12-6-11-18(22)15-7-2-1-3-8-15/h1-5,7-10,18H,6,11-14H2,(H,21,23)/t18-/m0/s1. The molecular weight excluding hydrogens is 308 g/mol. The van der Waals surface area contributed by atoms with Crippen molar-refractivity contribution in [1.82, 2.24) is 10.2 Å². The number of nitrogens with one attached hydrogen (secondary N) is 1. The van der Waals surface area contributed by atoms with Crippen molar-refractivity contribution in [3.8, 4) is 0 Å². The van der Waals surface area contributed by atoms with Gasteiger partial charge in [-0.1, -0.05) is 60.1 Å². The summed E-state index contributed by atoms with van der Waals surface area (Å²) in [4.78, 5) is 14.5. The molecule has 1 aliphatic rings. The number of carbonyl (C=O) groups excluding carboxylic acids is 1. The number of carbonyl (C=O) groups is 1. The molecule has 2 aromatic carbocycles. The second-order valence-corrected chi connectivity index (χ2v) is 6.31. The fraction of sp³-hybridized carbons (Fsp3) is 0.316. The van der Waals surface area contributed by atoms with Crippen molar-refractivity contribution < 1.29 is 4.79 Å². The van der Waals surface area contributed by atoms with Gasteiger partial charge in [0, 0.05) is 17.6 Å². The molecule has 23 heavy (non-hydrogen) atoms. The van der Waals surface area contributed by atoms with E-state index in [1.807, 2.05) is 30.3 Å². The van der Waals surface area contributed by atoms with Gasteiger partial charge in [-0.15, -0.1) is 0 Å². The van der Waals surface area contributed by atoms with Crippen molar-refractivity contribution in [3.05, 3.63) is 70.7 Å². The maximum atomic E-state index is 12.3. The summed E-state index contributed by atoms with van der Waals surface area (Å²) in [5.74, 6) is 0.0488. The SMILES string of the molecule is O=C(CN1CCC[C@H]1c1ccccc1)NCc1ccccc1Cl. The molecule has 1 atom stereocenters. The van der Waals surface area contributed by atoms with Crippen LogP contribution >= 0.6 is 11.6 Å². The Morgan fingerprint density at radius 2 is 1.87 bits per heavy atom. The van der Waals surface area contributed by atoms with Crippen LogP contribution in [0.4, 0.5) is 0 Å². The smallest absolute Gasteiger partial charge is 0.234 e. The summed E-state index contributed by atoms with van der Waals surface area (Å²) < 4.78 is 0. The van der Waals surface area contributed by atoms with Crippen LogP contribution in [-0.4, -0.2) is 23.9 Å². The second-order valence-electron chi connectivity index (χ2n) is 5.91. The lowest BCUT2D eigenvalue weighted by Gasteiger charge is -2.24. The predicted octanol–water partition coefficient (Wildman–Crippen LogP) is 3.79. The average Bonchev–Trinajstić information content (AvgIpc) is 3.03. The van der Waals surface area contributed by atoms with Crippen LogP contribution < -0.4 is 5.32 Å². The van der Waals surface area contributed by atoms with Crippen molar-refractivity contribution in [2.75, 3.05) is 13.1 Å². The van der Waals surface area contributed by atoms with Gasteiger partial charge >= 0.3 is 0 Å². The molecule has 3 nitrogen and oxygen atoms in total. The highest BCUT2D eigenvalue weighted by molar-refractivity contribution is 6.31. The van der Waals surface area contributed by atoms with Crippen LogP contribution in [0.3, 0.4) is 0 Å². The van der Waals surface area contributed by atoms with Crippen LogP contribution in [0.2, 0.25) is 5.02 Å². The van der Waals surface area contributed by atoms with E-state index in [0.29, 0.717) is 24.2 Å². The Hall–Kier alpha value is -1.84. The lowest BCUT2D eigenvalue weighted by Crippen LogP contribution is -2.36. The Morgan fingerprint density at radius 1 is 1.13 bits per heavy atom.